The summed E-state index contributed by atoms with van der Waals surface area (Å²) in [7, 11) is -3.70. The third kappa shape index (κ3) is 5.76. The quantitative estimate of drug-likeness (QED) is 0.556. The topological polar surface area (TPSA) is 83.5 Å². The Morgan fingerprint density at radius 2 is 1.38 bits per heavy atom. The normalized spacial score (nSPS) is 12.4. The summed E-state index contributed by atoms with van der Waals surface area (Å²) in [6, 6.07) is 24.8. The van der Waals surface area contributed by atoms with E-state index in [2.05, 4.69) is 4.72 Å². The number of carboxylic acids is 1. The Hall–Kier alpha value is -2.96. The number of carboxylic acid groups (broad SMARTS) is 1. The van der Waals surface area contributed by atoms with Crippen molar-refractivity contribution >= 4 is 16.0 Å². The standard InChI is InChI=1S/C23H23NO4S/c25-22(26)13-7-8-18-14-16-20(17-15-18)23(19-9-3-1-4-10-19)24-29(27,28)21-11-5-2-6-12-21/h1-6,9-12,14-17,23-24H,7-8,13H2,(H,25,26). The predicted octanol–water partition coefficient (Wildman–Crippen LogP) is 4.16. The molecule has 0 amide bonds. The first kappa shape index (κ1) is 20.8. The van der Waals surface area contributed by atoms with Crippen molar-refractivity contribution in [3.8, 4) is 0 Å². The molecular weight excluding hydrogens is 386 g/mol. The highest BCUT2D eigenvalue weighted by Gasteiger charge is 2.22. The average Bonchev–Trinajstić information content (AvgIpc) is 2.74. The van der Waals surface area contributed by atoms with E-state index in [1.807, 2.05) is 54.6 Å². The minimum absolute atomic E-state index is 0.130. The molecule has 3 aromatic carbocycles. The van der Waals surface area contributed by atoms with Gasteiger partial charge in [0.1, 0.15) is 0 Å². The fourth-order valence-corrected chi connectivity index (χ4v) is 4.35. The number of rotatable bonds is 9. The number of carbonyl (C=O) groups is 1. The summed E-state index contributed by atoms with van der Waals surface area (Å²) in [6.45, 7) is 0. The zero-order valence-electron chi connectivity index (χ0n) is 15.9. The van der Waals surface area contributed by atoms with Crippen LogP contribution in [-0.2, 0) is 21.2 Å². The lowest BCUT2D eigenvalue weighted by Gasteiger charge is -2.20. The molecule has 0 aliphatic heterocycles. The van der Waals surface area contributed by atoms with Gasteiger partial charge in [-0.15, -0.1) is 0 Å². The molecule has 0 aliphatic rings. The van der Waals surface area contributed by atoms with Crippen molar-refractivity contribution < 1.29 is 18.3 Å². The van der Waals surface area contributed by atoms with Crippen LogP contribution in [0.1, 0.15) is 35.6 Å². The predicted molar refractivity (Wildman–Crippen MR) is 112 cm³/mol. The fraction of sp³-hybridized carbons (Fsp3) is 0.174. The second kappa shape index (κ2) is 9.49. The van der Waals surface area contributed by atoms with Crippen LogP contribution >= 0.6 is 0 Å². The van der Waals surface area contributed by atoms with Crippen LogP contribution in [0.5, 0.6) is 0 Å². The lowest BCUT2D eigenvalue weighted by Crippen LogP contribution is -2.29. The van der Waals surface area contributed by atoms with Crippen LogP contribution in [0.15, 0.2) is 89.8 Å². The molecule has 5 nitrogen and oxygen atoms in total. The van der Waals surface area contributed by atoms with Gasteiger partial charge in [-0.2, -0.15) is 4.72 Å². The zero-order valence-corrected chi connectivity index (χ0v) is 16.7. The first-order chi connectivity index (χ1) is 14.0. The zero-order chi connectivity index (χ0) is 20.7. The number of nitrogens with one attached hydrogen (secondary N) is 1. The monoisotopic (exact) mass is 409 g/mol. The van der Waals surface area contributed by atoms with Gasteiger partial charge in [0.15, 0.2) is 0 Å². The summed E-state index contributed by atoms with van der Waals surface area (Å²) in [5, 5.41) is 8.77. The number of aliphatic carboxylic acids is 1. The maximum absolute atomic E-state index is 12.9. The molecule has 1 unspecified atom stereocenters. The Kier molecular flexibility index (Phi) is 6.80. The van der Waals surface area contributed by atoms with Crippen LogP contribution in [0.3, 0.4) is 0 Å². The Bertz CT molecular complexity index is 1030. The van der Waals surface area contributed by atoms with Gasteiger partial charge >= 0.3 is 5.97 Å². The van der Waals surface area contributed by atoms with Gasteiger partial charge in [-0.25, -0.2) is 8.42 Å². The highest BCUT2D eigenvalue weighted by atomic mass is 32.2. The summed E-state index contributed by atoms with van der Waals surface area (Å²) in [5.41, 5.74) is 2.68. The summed E-state index contributed by atoms with van der Waals surface area (Å²) < 4.78 is 28.6. The molecule has 150 valence electrons. The summed E-state index contributed by atoms with van der Waals surface area (Å²) >= 11 is 0. The van der Waals surface area contributed by atoms with E-state index < -0.39 is 22.0 Å². The molecule has 0 fully saturated rings. The maximum Gasteiger partial charge on any atom is 0.303 e. The van der Waals surface area contributed by atoms with Gasteiger partial charge in [0, 0.05) is 6.42 Å². The van der Waals surface area contributed by atoms with Gasteiger partial charge in [0.25, 0.3) is 0 Å². The van der Waals surface area contributed by atoms with Crippen LogP contribution < -0.4 is 4.72 Å². The second-order valence-electron chi connectivity index (χ2n) is 6.77. The number of hydrogen-bond acceptors (Lipinski definition) is 3. The largest absolute Gasteiger partial charge is 0.481 e. The van der Waals surface area contributed by atoms with Crippen molar-refractivity contribution in [2.75, 3.05) is 0 Å². The smallest absolute Gasteiger partial charge is 0.303 e. The van der Waals surface area contributed by atoms with Crippen LogP contribution in [0.25, 0.3) is 0 Å². The molecule has 0 bridgehead atoms. The Morgan fingerprint density at radius 3 is 1.97 bits per heavy atom. The highest BCUT2D eigenvalue weighted by molar-refractivity contribution is 7.89. The molecule has 0 radical (unpaired) electrons. The SMILES string of the molecule is O=C(O)CCCc1ccc(C(NS(=O)(=O)c2ccccc2)c2ccccc2)cc1. The Morgan fingerprint density at radius 1 is 0.828 bits per heavy atom. The van der Waals surface area contributed by atoms with Gasteiger partial charge in [0.2, 0.25) is 10.0 Å². The third-order valence-electron chi connectivity index (χ3n) is 4.63. The molecule has 0 heterocycles. The highest BCUT2D eigenvalue weighted by Crippen LogP contribution is 2.25. The van der Waals surface area contributed by atoms with Crippen molar-refractivity contribution in [2.45, 2.75) is 30.2 Å². The average molecular weight is 410 g/mol. The molecule has 3 aromatic rings. The van der Waals surface area contributed by atoms with Gasteiger partial charge in [-0.05, 0) is 41.7 Å². The second-order valence-corrected chi connectivity index (χ2v) is 8.48. The molecule has 2 N–H and O–H groups in total. The lowest BCUT2D eigenvalue weighted by molar-refractivity contribution is -0.137. The molecule has 0 saturated carbocycles. The van der Waals surface area contributed by atoms with Crippen LogP contribution in [0.4, 0.5) is 0 Å². The van der Waals surface area contributed by atoms with Crippen molar-refractivity contribution in [2.24, 2.45) is 0 Å². The fourth-order valence-electron chi connectivity index (χ4n) is 3.12. The molecule has 0 aromatic heterocycles. The van der Waals surface area contributed by atoms with E-state index in [-0.39, 0.29) is 11.3 Å². The van der Waals surface area contributed by atoms with Crippen molar-refractivity contribution in [1.82, 2.24) is 4.72 Å². The van der Waals surface area contributed by atoms with E-state index in [0.717, 1.165) is 16.7 Å². The summed E-state index contributed by atoms with van der Waals surface area (Å²) in [6.07, 6.45) is 1.36. The summed E-state index contributed by atoms with van der Waals surface area (Å²) in [5.74, 6) is -0.805. The van der Waals surface area contributed by atoms with Gasteiger partial charge in [-0.1, -0.05) is 72.8 Å². The molecule has 0 aliphatic carbocycles. The number of hydrogen-bond donors (Lipinski definition) is 2. The van der Waals surface area contributed by atoms with Crippen LogP contribution in [-0.4, -0.2) is 19.5 Å². The Balaban J connectivity index is 1.86. The minimum Gasteiger partial charge on any atom is -0.481 e. The van der Waals surface area contributed by atoms with E-state index in [1.165, 1.54) is 0 Å². The van der Waals surface area contributed by atoms with E-state index in [0.29, 0.717) is 12.8 Å². The molecule has 6 heteroatoms. The van der Waals surface area contributed by atoms with Crippen molar-refractivity contribution in [3.05, 3.63) is 102 Å². The first-order valence-electron chi connectivity index (χ1n) is 9.39. The van der Waals surface area contributed by atoms with Crippen LogP contribution in [0, 0.1) is 0 Å². The van der Waals surface area contributed by atoms with Crippen LogP contribution in [0.2, 0.25) is 0 Å². The molecule has 3 rings (SSSR count). The molecule has 0 spiro atoms. The van der Waals surface area contributed by atoms with Gasteiger partial charge in [0.05, 0.1) is 10.9 Å². The van der Waals surface area contributed by atoms with Crippen molar-refractivity contribution in [3.63, 3.8) is 0 Å². The lowest BCUT2D eigenvalue weighted by atomic mass is 9.97. The van der Waals surface area contributed by atoms with E-state index in [9.17, 15) is 13.2 Å². The molecule has 0 saturated heterocycles. The minimum atomic E-state index is -3.70. The summed E-state index contributed by atoms with van der Waals surface area (Å²) in [4.78, 5) is 10.9. The van der Waals surface area contributed by atoms with Gasteiger partial charge in [-0.3, -0.25) is 4.79 Å². The number of benzene rings is 3. The molecule has 29 heavy (non-hydrogen) atoms. The van der Waals surface area contributed by atoms with E-state index >= 15 is 0 Å². The number of aryl methyl sites for hydroxylation is 1. The van der Waals surface area contributed by atoms with E-state index in [4.69, 9.17) is 5.11 Å². The number of sulfonamides is 1. The van der Waals surface area contributed by atoms with Crippen molar-refractivity contribution in [1.29, 1.82) is 0 Å². The van der Waals surface area contributed by atoms with E-state index in [1.54, 1.807) is 30.3 Å². The maximum atomic E-state index is 12.9. The Labute approximate surface area is 171 Å². The first-order valence-corrected chi connectivity index (χ1v) is 10.9. The molecule has 1 atom stereocenters. The third-order valence-corrected chi connectivity index (χ3v) is 6.07. The molecular formula is C23H23NO4S. The van der Waals surface area contributed by atoms with Gasteiger partial charge < -0.3 is 5.11 Å².